The molecular formula is C23H31FN6O4. The fraction of sp³-hybridized carbons (Fsp3) is 0.565. The van der Waals surface area contributed by atoms with E-state index in [1.807, 2.05) is 26.8 Å². The number of nitrogens with one attached hydrogen (secondary N) is 1. The maximum Gasteiger partial charge on any atom is 0.280 e. The summed E-state index contributed by atoms with van der Waals surface area (Å²) < 4.78 is 26.6. The number of fused-ring (bicyclic) bond motifs is 1. The predicted molar refractivity (Wildman–Crippen MR) is 124 cm³/mol. The van der Waals surface area contributed by atoms with Crippen molar-refractivity contribution in [2.45, 2.75) is 51.7 Å². The van der Waals surface area contributed by atoms with Crippen molar-refractivity contribution >= 4 is 23.3 Å². The Morgan fingerprint density at radius 2 is 2.15 bits per heavy atom. The molecule has 0 bridgehead atoms. The van der Waals surface area contributed by atoms with Crippen LogP contribution in [0.25, 0.3) is 5.65 Å². The second kappa shape index (κ2) is 10.1. The molecule has 1 saturated heterocycles. The van der Waals surface area contributed by atoms with Crippen LogP contribution in [0.1, 0.15) is 50.4 Å². The lowest BCUT2D eigenvalue weighted by Crippen LogP contribution is -2.41. The van der Waals surface area contributed by atoms with Crippen LogP contribution in [0.15, 0.2) is 35.5 Å². The second-order valence-electron chi connectivity index (χ2n) is 9.31. The first kappa shape index (κ1) is 24.1. The van der Waals surface area contributed by atoms with Crippen molar-refractivity contribution < 1.29 is 23.5 Å². The zero-order valence-corrected chi connectivity index (χ0v) is 20.0. The number of aliphatic imine (C=N–C) groups is 1. The number of aromatic nitrogens is 3. The Labute approximate surface area is 197 Å². The van der Waals surface area contributed by atoms with Crippen LogP contribution in [0.5, 0.6) is 0 Å². The van der Waals surface area contributed by atoms with Gasteiger partial charge in [0.05, 0.1) is 44.2 Å². The largest absolute Gasteiger partial charge is 0.484 e. The summed E-state index contributed by atoms with van der Waals surface area (Å²) in [5.41, 5.74) is 2.85. The number of nitrogens with zero attached hydrogens (tertiary/aromatic N) is 5. The normalized spacial score (nSPS) is 20.9. The lowest BCUT2D eigenvalue weighted by molar-refractivity contribution is -0.0511. The number of rotatable bonds is 7. The zero-order valence-electron chi connectivity index (χ0n) is 20.0. The van der Waals surface area contributed by atoms with Gasteiger partial charge in [-0.05, 0) is 39.7 Å². The van der Waals surface area contributed by atoms with Gasteiger partial charge in [0.15, 0.2) is 11.5 Å². The van der Waals surface area contributed by atoms with Gasteiger partial charge in [-0.15, -0.1) is 0 Å². The van der Waals surface area contributed by atoms with Crippen molar-refractivity contribution in [3.8, 4) is 0 Å². The minimum atomic E-state index is -0.443. The Morgan fingerprint density at radius 1 is 1.32 bits per heavy atom. The Morgan fingerprint density at radius 3 is 2.91 bits per heavy atom. The topological polar surface area (TPSA) is 103 Å². The van der Waals surface area contributed by atoms with Crippen molar-refractivity contribution in [2.24, 2.45) is 10.9 Å². The summed E-state index contributed by atoms with van der Waals surface area (Å²) in [4.78, 5) is 28.9. The molecule has 2 aromatic heterocycles. The number of hydroxylamine groups is 1. The van der Waals surface area contributed by atoms with Crippen molar-refractivity contribution in [1.29, 1.82) is 0 Å². The number of ether oxygens (including phenoxy) is 2. The number of anilines is 1. The molecule has 2 aromatic rings. The van der Waals surface area contributed by atoms with E-state index in [0.717, 1.165) is 19.4 Å². The van der Waals surface area contributed by atoms with Gasteiger partial charge in [0, 0.05) is 25.2 Å². The van der Waals surface area contributed by atoms with Crippen LogP contribution < -0.4 is 10.4 Å². The van der Waals surface area contributed by atoms with Crippen LogP contribution in [-0.4, -0.2) is 64.9 Å². The SMILES string of the molecule is COC1=NC=C(F)CC1[C@H]1CCCN1c1ccn2ncc(C(=O)NOCCOC(C)(C)C)c2n1. The summed E-state index contributed by atoms with van der Waals surface area (Å²) >= 11 is 0. The number of allylic oxidation sites excluding steroid dienone is 1. The van der Waals surface area contributed by atoms with Gasteiger partial charge < -0.3 is 14.4 Å². The maximum absolute atomic E-state index is 14.0. The molecule has 0 radical (unpaired) electrons. The number of amides is 1. The molecule has 2 atom stereocenters. The molecule has 0 aromatic carbocycles. The molecule has 1 unspecified atom stereocenters. The van der Waals surface area contributed by atoms with Gasteiger partial charge in [0.1, 0.15) is 17.2 Å². The smallest absolute Gasteiger partial charge is 0.280 e. The monoisotopic (exact) mass is 474 g/mol. The van der Waals surface area contributed by atoms with E-state index < -0.39 is 5.91 Å². The number of carbonyl (C=O) groups is 1. The lowest BCUT2D eigenvalue weighted by Gasteiger charge is -2.33. The molecule has 0 spiro atoms. The lowest BCUT2D eigenvalue weighted by atomic mass is 9.92. The van der Waals surface area contributed by atoms with Crippen LogP contribution in [0.3, 0.4) is 0 Å². The molecule has 0 aliphatic carbocycles. The van der Waals surface area contributed by atoms with Gasteiger partial charge in [-0.3, -0.25) is 9.63 Å². The Kier molecular flexibility index (Phi) is 7.13. The van der Waals surface area contributed by atoms with E-state index in [9.17, 15) is 9.18 Å². The minimum absolute atomic E-state index is 0.0144. The van der Waals surface area contributed by atoms with Crippen molar-refractivity contribution in [2.75, 3.05) is 31.8 Å². The molecule has 2 aliphatic heterocycles. The third-order valence-corrected chi connectivity index (χ3v) is 5.82. The fourth-order valence-corrected chi connectivity index (χ4v) is 4.32. The Balaban J connectivity index is 1.48. The van der Waals surface area contributed by atoms with Gasteiger partial charge in [-0.2, -0.15) is 5.10 Å². The highest BCUT2D eigenvalue weighted by molar-refractivity contribution is 5.99. The predicted octanol–water partition coefficient (Wildman–Crippen LogP) is 3.05. The van der Waals surface area contributed by atoms with E-state index in [1.165, 1.54) is 16.9 Å². The summed E-state index contributed by atoms with van der Waals surface area (Å²) in [7, 11) is 1.56. The maximum atomic E-state index is 14.0. The highest BCUT2D eigenvalue weighted by Crippen LogP contribution is 2.35. The quantitative estimate of drug-likeness (QED) is 0.486. The van der Waals surface area contributed by atoms with Crippen molar-refractivity contribution in [1.82, 2.24) is 20.1 Å². The highest BCUT2D eigenvalue weighted by atomic mass is 19.1. The summed E-state index contributed by atoms with van der Waals surface area (Å²) in [6.07, 6.45) is 6.47. The van der Waals surface area contributed by atoms with E-state index in [2.05, 4.69) is 20.5 Å². The molecule has 1 N–H and O–H groups in total. The Bertz CT molecular complexity index is 1090. The number of methoxy groups -OCH3 is 1. The van der Waals surface area contributed by atoms with Crippen LogP contribution in [0, 0.1) is 5.92 Å². The van der Waals surface area contributed by atoms with E-state index in [1.54, 1.807) is 13.3 Å². The average Bonchev–Trinajstić information content (AvgIpc) is 3.44. The minimum Gasteiger partial charge on any atom is -0.484 e. The molecule has 0 saturated carbocycles. The van der Waals surface area contributed by atoms with E-state index >= 15 is 0 Å². The number of halogens is 1. The molecule has 4 heterocycles. The standard InChI is InChI=1S/C23H31FN6O4/c1-23(2,3)33-10-11-34-28-21(31)17-14-26-30-9-7-19(27-20(17)30)29-8-5-6-18(29)16-12-15(24)13-25-22(16)32-4/h7,9,13-14,16,18H,5-6,8,10-12H2,1-4H3,(H,28,31)/t16?,18-/m1/s1. The van der Waals surface area contributed by atoms with Crippen LogP contribution >= 0.6 is 0 Å². The highest BCUT2D eigenvalue weighted by Gasteiger charge is 2.38. The van der Waals surface area contributed by atoms with Gasteiger partial charge >= 0.3 is 0 Å². The third-order valence-electron chi connectivity index (χ3n) is 5.82. The molecular weight excluding hydrogens is 443 g/mol. The molecule has 11 heteroatoms. The molecule has 10 nitrogen and oxygen atoms in total. The van der Waals surface area contributed by atoms with Gasteiger partial charge in [-0.25, -0.2) is 24.4 Å². The summed E-state index contributed by atoms with van der Waals surface area (Å²) in [6, 6.07) is 1.83. The molecule has 1 amide bonds. The van der Waals surface area contributed by atoms with Gasteiger partial charge in [0.25, 0.3) is 5.91 Å². The summed E-state index contributed by atoms with van der Waals surface area (Å²) in [6.45, 7) is 7.17. The van der Waals surface area contributed by atoms with E-state index in [0.29, 0.717) is 29.5 Å². The van der Waals surface area contributed by atoms with Gasteiger partial charge in [-0.1, -0.05) is 0 Å². The van der Waals surface area contributed by atoms with Crippen molar-refractivity contribution in [3.63, 3.8) is 0 Å². The van der Waals surface area contributed by atoms with Crippen molar-refractivity contribution in [3.05, 3.63) is 36.1 Å². The second-order valence-corrected chi connectivity index (χ2v) is 9.31. The molecule has 34 heavy (non-hydrogen) atoms. The fourth-order valence-electron chi connectivity index (χ4n) is 4.32. The van der Waals surface area contributed by atoms with E-state index in [4.69, 9.17) is 19.3 Å². The summed E-state index contributed by atoms with van der Waals surface area (Å²) in [5, 5.41) is 4.23. The first-order valence-electron chi connectivity index (χ1n) is 11.4. The van der Waals surface area contributed by atoms with Crippen LogP contribution in [0.2, 0.25) is 0 Å². The first-order chi connectivity index (χ1) is 16.3. The Hall–Kier alpha value is -3.05. The van der Waals surface area contributed by atoms with Crippen LogP contribution in [0.4, 0.5) is 10.2 Å². The number of hydrogen-bond donors (Lipinski definition) is 1. The van der Waals surface area contributed by atoms with Crippen LogP contribution in [-0.2, 0) is 14.3 Å². The van der Waals surface area contributed by atoms with E-state index in [-0.39, 0.29) is 36.4 Å². The molecule has 2 aliphatic rings. The van der Waals surface area contributed by atoms with Gasteiger partial charge in [0.2, 0.25) is 0 Å². The first-order valence-corrected chi connectivity index (χ1v) is 11.4. The number of carbonyl (C=O) groups excluding carboxylic acids is 1. The number of hydrogen-bond acceptors (Lipinski definition) is 8. The average molecular weight is 475 g/mol. The third kappa shape index (κ3) is 5.36. The zero-order chi connectivity index (χ0) is 24.3. The molecule has 184 valence electrons. The summed E-state index contributed by atoms with van der Waals surface area (Å²) in [5.74, 6) is 0.308. The molecule has 1 fully saturated rings. The molecule has 4 rings (SSSR count).